The highest BCUT2D eigenvalue weighted by molar-refractivity contribution is 8.01. The lowest BCUT2D eigenvalue weighted by Crippen LogP contribution is -2.48. The zero-order valence-electron chi connectivity index (χ0n) is 19.2. The second-order valence-corrected chi connectivity index (χ2v) is 13.2. The van der Waals surface area contributed by atoms with Gasteiger partial charge >= 0.3 is 17.8 Å². The molecule has 0 N–H and O–H groups in total. The zero-order chi connectivity index (χ0) is 26.0. The fourth-order valence-corrected chi connectivity index (χ4v) is 8.59. The number of hydrogen-bond acceptors (Lipinski definition) is 5. The number of rotatable bonds is 6. The van der Waals surface area contributed by atoms with Gasteiger partial charge in [0.15, 0.2) is 0 Å². The fourth-order valence-electron chi connectivity index (χ4n) is 4.34. The number of halogens is 6. The Morgan fingerprint density at radius 1 is 0.861 bits per heavy atom. The summed E-state index contributed by atoms with van der Waals surface area (Å²) in [6, 6.07) is 9.98. The van der Waals surface area contributed by atoms with E-state index in [2.05, 4.69) is 4.98 Å². The van der Waals surface area contributed by atoms with E-state index < -0.39 is 28.9 Å². The van der Waals surface area contributed by atoms with Crippen molar-refractivity contribution in [3.05, 3.63) is 57.3 Å². The van der Waals surface area contributed by atoms with E-state index >= 15 is 17.6 Å². The maximum absolute atomic E-state index is 15.4. The van der Waals surface area contributed by atoms with Crippen molar-refractivity contribution >= 4 is 67.1 Å². The number of allylic oxidation sites excluding steroid dienone is 2. The van der Waals surface area contributed by atoms with Crippen molar-refractivity contribution in [3.8, 4) is 9.88 Å². The lowest BCUT2D eigenvalue weighted by Gasteiger charge is -2.25. The quantitative estimate of drug-likeness (QED) is 0.168. The standard InChI is InChI=1S/C25H19F6NS4/c1-4-16-14(11-19(35-16)33-5-2)21-20(23(26,27)25(30,31)24(21,28)29)13-10-18(34-12(13)3)22-32-15-8-6-7-9-17(15)36-22/h6-11H,4-5H2,1-3H3. The van der Waals surface area contributed by atoms with Gasteiger partial charge in [0, 0.05) is 20.9 Å². The van der Waals surface area contributed by atoms with E-state index in [9.17, 15) is 8.78 Å². The molecule has 11 heteroatoms. The third-order valence-corrected chi connectivity index (χ3v) is 10.6. The van der Waals surface area contributed by atoms with E-state index in [0.717, 1.165) is 16.0 Å². The molecule has 5 rings (SSSR count). The summed E-state index contributed by atoms with van der Waals surface area (Å²) in [5.74, 6) is -15.0. The Balaban J connectivity index is 1.77. The molecule has 0 bridgehead atoms. The van der Waals surface area contributed by atoms with E-state index in [1.807, 2.05) is 25.1 Å². The number of alkyl halides is 6. The number of nitrogens with zero attached hydrogens (tertiary/aromatic N) is 1. The monoisotopic (exact) mass is 575 g/mol. The van der Waals surface area contributed by atoms with Gasteiger partial charge in [-0.2, -0.15) is 26.3 Å². The molecular weight excluding hydrogens is 557 g/mol. The Morgan fingerprint density at radius 2 is 1.53 bits per heavy atom. The predicted molar refractivity (Wildman–Crippen MR) is 139 cm³/mol. The van der Waals surface area contributed by atoms with Crippen LogP contribution in [-0.2, 0) is 6.42 Å². The van der Waals surface area contributed by atoms with Crippen LogP contribution in [-0.4, -0.2) is 28.5 Å². The van der Waals surface area contributed by atoms with E-state index in [-0.39, 0.29) is 22.4 Å². The summed E-state index contributed by atoms with van der Waals surface area (Å²) in [4.78, 5) is 5.61. The van der Waals surface area contributed by atoms with Gasteiger partial charge in [-0.1, -0.05) is 26.0 Å². The molecule has 1 aliphatic carbocycles. The summed E-state index contributed by atoms with van der Waals surface area (Å²) >= 11 is 4.94. The molecule has 0 atom stereocenters. The number of aryl methyl sites for hydroxylation is 2. The molecule has 0 spiro atoms. The number of thiophene rings is 2. The maximum atomic E-state index is 15.4. The van der Waals surface area contributed by atoms with Crippen LogP contribution in [0.3, 0.4) is 0 Å². The van der Waals surface area contributed by atoms with Crippen molar-refractivity contribution in [2.75, 3.05) is 5.75 Å². The number of thiazole rings is 1. The van der Waals surface area contributed by atoms with Crippen molar-refractivity contribution in [2.45, 2.75) is 49.2 Å². The first kappa shape index (κ1) is 25.8. The van der Waals surface area contributed by atoms with Crippen LogP contribution in [0.5, 0.6) is 0 Å². The molecule has 3 aromatic heterocycles. The largest absolute Gasteiger partial charge is 0.380 e. The Bertz CT molecular complexity index is 1460. The van der Waals surface area contributed by atoms with E-state index in [1.54, 1.807) is 13.0 Å². The van der Waals surface area contributed by atoms with Crippen molar-refractivity contribution < 1.29 is 26.3 Å². The first-order valence-electron chi connectivity index (χ1n) is 11.0. The molecule has 0 radical (unpaired) electrons. The van der Waals surface area contributed by atoms with Crippen molar-refractivity contribution in [3.63, 3.8) is 0 Å². The number of aromatic nitrogens is 1. The Kier molecular flexibility index (Phi) is 6.37. The number of benzene rings is 1. The molecule has 0 fully saturated rings. The summed E-state index contributed by atoms with van der Waals surface area (Å²) < 4.78 is 92.5. The third-order valence-electron chi connectivity index (χ3n) is 6.02. The number of para-hydroxylation sites is 1. The summed E-state index contributed by atoms with van der Waals surface area (Å²) in [6.07, 6.45) is 0.258. The lowest BCUT2D eigenvalue weighted by atomic mass is 9.95. The highest BCUT2D eigenvalue weighted by Gasteiger charge is 2.80. The van der Waals surface area contributed by atoms with Crippen LogP contribution in [0.1, 0.15) is 34.7 Å². The van der Waals surface area contributed by atoms with Gasteiger partial charge in [0.2, 0.25) is 0 Å². The summed E-state index contributed by atoms with van der Waals surface area (Å²) in [5.41, 5.74) is -2.36. The van der Waals surface area contributed by atoms with Gasteiger partial charge in [-0.25, -0.2) is 4.98 Å². The van der Waals surface area contributed by atoms with Gasteiger partial charge < -0.3 is 0 Å². The van der Waals surface area contributed by atoms with Crippen LogP contribution >= 0.6 is 45.8 Å². The molecule has 3 heterocycles. The molecule has 0 saturated heterocycles. The van der Waals surface area contributed by atoms with Gasteiger partial charge in [0.25, 0.3) is 0 Å². The van der Waals surface area contributed by atoms with Crippen LogP contribution in [0.15, 0.2) is 40.6 Å². The van der Waals surface area contributed by atoms with Crippen LogP contribution in [0, 0.1) is 6.92 Å². The first-order valence-corrected chi connectivity index (χ1v) is 14.5. The first-order chi connectivity index (χ1) is 16.9. The zero-order valence-corrected chi connectivity index (χ0v) is 22.5. The highest BCUT2D eigenvalue weighted by atomic mass is 32.2. The molecule has 0 saturated carbocycles. The molecule has 1 aromatic carbocycles. The number of fused-ring (bicyclic) bond motifs is 1. The SMILES string of the molecule is CCSc1cc(C2=C(c3cc(-c4nc5ccccc5s4)sc3C)C(F)(F)C(F)(F)C2(F)F)c(CC)s1. The average molecular weight is 576 g/mol. The Labute approximate surface area is 219 Å². The number of hydrogen-bond donors (Lipinski definition) is 0. The van der Waals surface area contributed by atoms with Crippen LogP contribution in [0.4, 0.5) is 26.3 Å². The van der Waals surface area contributed by atoms with E-state index in [1.165, 1.54) is 53.5 Å². The van der Waals surface area contributed by atoms with Crippen LogP contribution in [0.25, 0.3) is 31.2 Å². The van der Waals surface area contributed by atoms with Gasteiger partial charge in [-0.05, 0) is 54.5 Å². The van der Waals surface area contributed by atoms with Crippen molar-refractivity contribution in [1.82, 2.24) is 4.98 Å². The minimum absolute atomic E-state index is 0.220. The second kappa shape index (κ2) is 8.89. The molecule has 0 unspecified atom stereocenters. The number of thioether (sulfide) groups is 1. The third kappa shape index (κ3) is 3.68. The Morgan fingerprint density at radius 3 is 2.17 bits per heavy atom. The van der Waals surface area contributed by atoms with Gasteiger partial charge in [0.1, 0.15) is 5.01 Å². The molecule has 4 aromatic rings. The summed E-state index contributed by atoms with van der Waals surface area (Å²) in [5, 5.41) is 0.518. The van der Waals surface area contributed by atoms with Gasteiger partial charge in [0.05, 0.1) is 19.3 Å². The fraction of sp³-hybridized carbons (Fsp3) is 0.320. The molecular formula is C25H19F6NS4. The normalized spacial score (nSPS) is 18.5. The second-order valence-electron chi connectivity index (χ2n) is 8.23. The van der Waals surface area contributed by atoms with Crippen molar-refractivity contribution in [1.29, 1.82) is 0 Å². The predicted octanol–water partition coefficient (Wildman–Crippen LogP) is 9.90. The topological polar surface area (TPSA) is 12.9 Å². The van der Waals surface area contributed by atoms with E-state index in [4.69, 9.17) is 0 Å². The minimum atomic E-state index is -5.57. The Hall–Kier alpha value is -1.82. The molecule has 1 nitrogen and oxygen atoms in total. The summed E-state index contributed by atoms with van der Waals surface area (Å²) in [7, 11) is 0. The van der Waals surface area contributed by atoms with E-state index in [0.29, 0.717) is 30.2 Å². The highest BCUT2D eigenvalue weighted by Crippen LogP contribution is 2.66. The smallest absolute Gasteiger partial charge is 0.235 e. The molecule has 36 heavy (non-hydrogen) atoms. The summed E-state index contributed by atoms with van der Waals surface area (Å²) in [6.45, 7) is 5.05. The average Bonchev–Trinajstić information content (AvgIpc) is 3.54. The molecule has 0 aliphatic heterocycles. The van der Waals surface area contributed by atoms with Gasteiger partial charge in [-0.3, -0.25) is 0 Å². The lowest BCUT2D eigenvalue weighted by molar-refractivity contribution is -0.254. The van der Waals surface area contributed by atoms with Crippen LogP contribution < -0.4 is 0 Å². The molecule has 1 aliphatic rings. The molecule has 0 amide bonds. The molecule has 190 valence electrons. The maximum Gasteiger partial charge on any atom is 0.380 e. The van der Waals surface area contributed by atoms with Gasteiger partial charge in [-0.15, -0.1) is 45.8 Å². The van der Waals surface area contributed by atoms with Crippen molar-refractivity contribution in [2.24, 2.45) is 0 Å². The van der Waals surface area contributed by atoms with Crippen LogP contribution in [0.2, 0.25) is 0 Å². The minimum Gasteiger partial charge on any atom is -0.235 e.